The van der Waals surface area contributed by atoms with Gasteiger partial charge in [-0.05, 0) is 63.9 Å². The number of sulfonamides is 1. The molecule has 3 rings (SSSR count). The minimum Gasteiger partial charge on any atom is -0.373 e. The summed E-state index contributed by atoms with van der Waals surface area (Å²) in [4.78, 5) is 27.1. The minimum atomic E-state index is -3.62. The number of carbonyl (C=O) groups excluding carboxylic acids is 2. The first-order chi connectivity index (χ1) is 16.2. The van der Waals surface area contributed by atoms with Crippen molar-refractivity contribution in [1.82, 2.24) is 14.5 Å². The zero-order chi connectivity index (χ0) is 24.7. The molecule has 0 bridgehead atoms. The van der Waals surface area contributed by atoms with E-state index in [4.69, 9.17) is 4.74 Å². The zero-order valence-corrected chi connectivity index (χ0v) is 21.3. The maximum absolute atomic E-state index is 13.0. The van der Waals surface area contributed by atoms with Crippen molar-refractivity contribution >= 4 is 27.5 Å². The molecule has 2 aliphatic rings. The molecule has 3 atom stereocenters. The Morgan fingerprint density at radius 3 is 2.41 bits per heavy atom. The Morgan fingerprint density at radius 2 is 1.76 bits per heavy atom. The van der Waals surface area contributed by atoms with Gasteiger partial charge in [0.25, 0.3) is 0 Å². The van der Waals surface area contributed by atoms with Crippen molar-refractivity contribution in [2.45, 2.75) is 63.6 Å². The molecule has 3 unspecified atom stereocenters. The molecule has 9 nitrogen and oxygen atoms in total. The number of rotatable bonds is 9. The van der Waals surface area contributed by atoms with Gasteiger partial charge in [-0.1, -0.05) is 13.3 Å². The molecule has 34 heavy (non-hydrogen) atoms. The minimum absolute atomic E-state index is 0.0689. The molecule has 2 amide bonds. The lowest BCUT2D eigenvalue weighted by atomic mass is 9.97. The van der Waals surface area contributed by atoms with Crippen LogP contribution < -0.4 is 10.6 Å². The predicted molar refractivity (Wildman–Crippen MR) is 131 cm³/mol. The monoisotopic (exact) mass is 494 g/mol. The van der Waals surface area contributed by atoms with Crippen LogP contribution in [0.5, 0.6) is 0 Å². The van der Waals surface area contributed by atoms with Crippen LogP contribution >= 0.6 is 0 Å². The first-order valence-electron chi connectivity index (χ1n) is 12.2. The highest BCUT2D eigenvalue weighted by atomic mass is 32.2. The number of ether oxygens (including phenoxy) is 1. The van der Waals surface area contributed by atoms with Gasteiger partial charge >= 0.3 is 0 Å². The number of amides is 2. The molecule has 2 fully saturated rings. The van der Waals surface area contributed by atoms with Gasteiger partial charge in [0.2, 0.25) is 21.8 Å². The lowest BCUT2D eigenvalue weighted by Crippen LogP contribution is -2.48. The van der Waals surface area contributed by atoms with Gasteiger partial charge in [-0.25, -0.2) is 8.42 Å². The van der Waals surface area contributed by atoms with Crippen LogP contribution in [0.3, 0.4) is 0 Å². The van der Waals surface area contributed by atoms with Gasteiger partial charge in [0.15, 0.2) is 0 Å². The lowest BCUT2D eigenvalue weighted by molar-refractivity contribution is -0.127. The van der Waals surface area contributed by atoms with E-state index in [1.54, 1.807) is 12.1 Å². The van der Waals surface area contributed by atoms with Gasteiger partial charge < -0.3 is 15.4 Å². The maximum Gasteiger partial charge on any atom is 0.243 e. The molecule has 2 N–H and O–H groups in total. The van der Waals surface area contributed by atoms with E-state index >= 15 is 0 Å². The third-order valence-electron chi connectivity index (χ3n) is 6.24. The molecule has 0 aromatic heterocycles. The molecule has 0 aliphatic carbocycles. The molecule has 2 heterocycles. The Balaban J connectivity index is 1.52. The Hall–Kier alpha value is -2.01. The van der Waals surface area contributed by atoms with Crippen LogP contribution in [0.4, 0.5) is 5.69 Å². The van der Waals surface area contributed by atoms with Crippen molar-refractivity contribution < 1.29 is 22.7 Å². The molecular weight excluding hydrogens is 456 g/mol. The Labute approximate surface area is 203 Å². The van der Waals surface area contributed by atoms with Gasteiger partial charge in [0, 0.05) is 31.9 Å². The van der Waals surface area contributed by atoms with Gasteiger partial charge in [-0.2, -0.15) is 4.31 Å². The number of hydrogen-bond acceptors (Lipinski definition) is 6. The number of carbonyl (C=O) groups is 2. The molecule has 2 aliphatic heterocycles. The number of hydrogen-bond donors (Lipinski definition) is 2. The Kier molecular flexibility index (Phi) is 9.47. The van der Waals surface area contributed by atoms with E-state index in [0.29, 0.717) is 31.9 Å². The van der Waals surface area contributed by atoms with E-state index in [1.807, 2.05) is 18.7 Å². The highest BCUT2D eigenvalue weighted by molar-refractivity contribution is 7.89. The Bertz CT molecular complexity index is 927. The summed E-state index contributed by atoms with van der Waals surface area (Å²) < 4.78 is 33.1. The van der Waals surface area contributed by atoms with E-state index < -0.39 is 10.0 Å². The van der Waals surface area contributed by atoms with Crippen LogP contribution in [0.25, 0.3) is 0 Å². The van der Waals surface area contributed by atoms with Crippen LogP contribution in [-0.2, 0) is 24.3 Å². The number of benzene rings is 1. The number of anilines is 1. The average Bonchev–Trinajstić information content (AvgIpc) is 2.79. The molecule has 1 aromatic rings. The van der Waals surface area contributed by atoms with Crippen molar-refractivity contribution in [2.75, 3.05) is 44.6 Å². The molecule has 2 saturated heterocycles. The van der Waals surface area contributed by atoms with Crippen molar-refractivity contribution in [1.29, 1.82) is 0 Å². The first-order valence-corrected chi connectivity index (χ1v) is 13.7. The highest BCUT2D eigenvalue weighted by Crippen LogP contribution is 2.23. The van der Waals surface area contributed by atoms with E-state index in [1.165, 1.54) is 16.4 Å². The lowest BCUT2D eigenvalue weighted by Gasteiger charge is -2.34. The van der Waals surface area contributed by atoms with E-state index in [-0.39, 0.29) is 41.4 Å². The number of nitrogens with zero attached hydrogens (tertiary/aromatic N) is 2. The summed E-state index contributed by atoms with van der Waals surface area (Å²) in [5.41, 5.74) is 0.540. The number of nitrogens with one attached hydrogen (secondary N) is 2. The summed E-state index contributed by atoms with van der Waals surface area (Å²) in [6, 6.07) is 6.26. The number of unbranched alkanes of at least 4 members (excludes halogenated alkanes) is 1. The van der Waals surface area contributed by atoms with Crippen molar-refractivity contribution in [3.63, 3.8) is 0 Å². The molecule has 1 aromatic carbocycles. The summed E-state index contributed by atoms with van der Waals surface area (Å²) in [5, 5.41) is 5.83. The number of piperidine rings is 1. The highest BCUT2D eigenvalue weighted by Gasteiger charge is 2.32. The van der Waals surface area contributed by atoms with Crippen LogP contribution in [0.2, 0.25) is 0 Å². The summed E-state index contributed by atoms with van der Waals surface area (Å²) in [6.45, 7) is 8.69. The number of likely N-dealkylation sites (tertiary alicyclic amines) is 1. The van der Waals surface area contributed by atoms with Crippen LogP contribution in [0, 0.1) is 5.92 Å². The second-order valence-electron chi connectivity index (χ2n) is 9.37. The molecule has 190 valence electrons. The first kappa shape index (κ1) is 26.6. The molecular formula is C24H38N4O5S. The number of morpholine rings is 1. The van der Waals surface area contributed by atoms with E-state index in [0.717, 1.165) is 32.2 Å². The fraction of sp³-hybridized carbons (Fsp3) is 0.667. The van der Waals surface area contributed by atoms with E-state index in [2.05, 4.69) is 17.6 Å². The standard InChI is InChI=1S/C24H38N4O5S/c1-4-5-12-25-24(30)20-7-6-13-27(16-20)17-23(29)26-21-8-10-22(11-9-21)34(31,32)28-14-18(2)33-19(3)15-28/h8-11,18-20H,4-7,12-17H2,1-3H3,(H,25,30)(H,26,29). The van der Waals surface area contributed by atoms with Crippen LogP contribution in [0.1, 0.15) is 46.5 Å². The Morgan fingerprint density at radius 1 is 1.09 bits per heavy atom. The molecule has 0 spiro atoms. The summed E-state index contributed by atoms with van der Waals surface area (Å²) in [6.07, 6.45) is 3.41. The SMILES string of the molecule is CCCCNC(=O)C1CCCN(CC(=O)Nc2ccc(S(=O)(=O)N3CC(C)OC(C)C3)cc2)C1. The fourth-order valence-corrected chi connectivity index (χ4v) is 6.13. The average molecular weight is 495 g/mol. The summed E-state index contributed by atoms with van der Waals surface area (Å²) in [5.74, 6) is -0.202. The van der Waals surface area contributed by atoms with Crippen LogP contribution in [0.15, 0.2) is 29.2 Å². The maximum atomic E-state index is 13.0. The van der Waals surface area contributed by atoms with Gasteiger partial charge in [0.05, 0.1) is 29.6 Å². The van der Waals surface area contributed by atoms with E-state index in [9.17, 15) is 18.0 Å². The normalized spacial score (nSPS) is 24.5. The van der Waals surface area contributed by atoms with Crippen molar-refractivity contribution in [3.8, 4) is 0 Å². The largest absolute Gasteiger partial charge is 0.373 e. The molecule has 10 heteroatoms. The second-order valence-corrected chi connectivity index (χ2v) is 11.3. The fourth-order valence-electron chi connectivity index (χ4n) is 4.54. The van der Waals surface area contributed by atoms with Gasteiger partial charge in [-0.15, -0.1) is 0 Å². The topological polar surface area (TPSA) is 108 Å². The summed E-state index contributed by atoms with van der Waals surface area (Å²) in [7, 11) is -3.62. The zero-order valence-electron chi connectivity index (χ0n) is 20.5. The molecule has 0 radical (unpaired) electrons. The summed E-state index contributed by atoms with van der Waals surface area (Å²) >= 11 is 0. The van der Waals surface area contributed by atoms with Crippen molar-refractivity contribution in [2.24, 2.45) is 5.92 Å². The third kappa shape index (κ3) is 7.24. The molecule has 0 saturated carbocycles. The van der Waals surface area contributed by atoms with Gasteiger partial charge in [0.1, 0.15) is 0 Å². The van der Waals surface area contributed by atoms with Crippen molar-refractivity contribution in [3.05, 3.63) is 24.3 Å². The van der Waals surface area contributed by atoms with Gasteiger partial charge in [-0.3, -0.25) is 14.5 Å². The second kappa shape index (κ2) is 12.1. The quantitative estimate of drug-likeness (QED) is 0.509. The third-order valence-corrected chi connectivity index (χ3v) is 8.08. The predicted octanol–water partition coefficient (Wildman–Crippen LogP) is 2.05. The van der Waals surface area contributed by atoms with Crippen LogP contribution in [-0.4, -0.2) is 80.9 Å². The smallest absolute Gasteiger partial charge is 0.243 e.